The van der Waals surface area contributed by atoms with Gasteiger partial charge < -0.3 is 19.1 Å². The van der Waals surface area contributed by atoms with Gasteiger partial charge in [-0.3, -0.25) is 0 Å². The molecule has 11 rings (SSSR count). The van der Waals surface area contributed by atoms with Crippen molar-refractivity contribution in [3.05, 3.63) is 222 Å². The van der Waals surface area contributed by atoms with Gasteiger partial charge in [0, 0.05) is 72.5 Å². The smallest absolute Gasteiger partial charge is 0.200 e. The first-order valence-corrected chi connectivity index (χ1v) is 26.3. The second-order valence-corrected chi connectivity index (χ2v) is 22.8. The number of hydrogen-bond acceptors (Lipinski definition) is 4. The monoisotopic (exact) mass is 1240 g/mol. The summed E-state index contributed by atoms with van der Waals surface area (Å²) in [5.74, 6) is -8.41. The molecular weight excluding hydrogens is 1180 g/mol. The van der Waals surface area contributed by atoms with Crippen molar-refractivity contribution in [1.29, 1.82) is 0 Å². The minimum absolute atomic E-state index is 0. The second kappa shape index (κ2) is 20.9. The molecule has 8 aromatic carbocycles. The zero-order valence-electron chi connectivity index (χ0n) is 45.6. The van der Waals surface area contributed by atoms with Gasteiger partial charge in [-0.05, 0) is 104 Å². The van der Waals surface area contributed by atoms with Crippen LogP contribution in [-0.2, 0) is 31.9 Å². The van der Waals surface area contributed by atoms with E-state index in [0.29, 0.717) is 39.7 Å². The summed E-state index contributed by atoms with van der Waals surface area (Å²) in [6, 6.07) is 54.5. The van der Waals surface area contributed by atoms with Crippen molar-refractivity contribution in [1.82, 2.24) is 9.55 Å². The van der Waals surface area contributed by atoms with E-state index < -0.39 is 40.1 Å². The SMILES string of the molecule is CC(C)c1cc(-c2cc(C(C)(C)C)cc(-c3c(F)c(F)c(F)c(F)c3F)c2N2[CH-]N(c3[c-]c(Oc4[c-]c5c(cc4)c4ccccc4n5-c4cc(C(C)(C)C)ccn4)cc(-c4ccccc4)c3)c3ccccc32)cc(C(C)C)c1.[Pt]. The number of benzene rings is 8. The van der Waals surface area contributed by atoms with Crippen molar-refractivity contribution >= 4 is 44.6 Å². The van der Waals surface area contributed by atoms with Crippen LogP contribution >= 0.6 is 0 Å². The first-order valence-electron chi connectivity index (χ1n) is 26.3. The molecule has 5 nitrogen and oxygen atoms in total. The molecule has 0 radical (unpaired) electrons. The quantitative estimate of drug-likeness (QED) is 0.0591. The van der Waals surface area contributed by atoms with Gasteiger partial charge in [0.1, 0.15) is 5.82 Å². The molecule has 0 aliphatic carbocycles. The van der Waals surface area contributed by atoms with Gasteiger partial charge in [0.2, 0.25) is 5.82 Å². The Morgan fingerprint density at radius 1 is 0.519 bits per heavy atom. The zero-order chi connectivity index (χ0) is 55.1. The molecule has 0 atom stereocenters. The first-order chi connectivity index (χ1) is 37.2. The summed E-state index contributed by atoms with van der Waals surface area (Å²) >= 11 is 0. The van der Waals surface area contributed by atoms with Crippen molar-refractivity contribution in [3.8, 4) is 50.7 Å². The van der Waals surface area contributed by atoms with Gasteiger partial charge in [-0.15, -0.1) is 53.6 Å². The van der Waals surface area contributed by atoms with E-state index in [-0.39, 0.29) is 49.6 Å². The summed E-state index contributed by atoms with van der Waals surface area (Å²) in [6.45, 7) is 22.5. The topological polar surface area (TPSA) is 33.5 Å². The first kappa shape index (κ1) is 54.8. The molecule has 1 aliphatic heterocycles. The fourth-order valence-corrected chi connectivity index (χ4v) is 10.4. The summed E-state index contributed by atoms with van der Waals surface area (Å²) in [5, 5.41) is 2.02. The molecule has 0 saturated carbocycles. The summed E-state index contributed by atoms with van der Waals surface area (Å²) in [4.78, 5) is 8.55. The number of para-hydroxylation sites is 3. The molecule has 2 aromatic heterocycles. The van der Waals surface area contributed by atoms with E-state index >= 15 is 17.6 Å². The summed E-state index contributed by atoms with van der Waals surface area (Å²) in [7, 11) is 0. The van der Waals surface area contributed by atoms with Gasteiger partial charge >= 0.3 is 0 Å². The van der Waals surface area contributed by atoms with E-state index in [1.54, 1.807) is 17.6 Å². The molecule has 3 heterocycles. The Balaban J connectivity index is 0.00000704. The Bertz CT molecular complexity index is 3930. The minimum Gasteiger partial charge on any atom is -0.509 e. The number of fused-ring (bicyclic) bond motifs is 4. The number of anilines is 4. The number of rotatable bonds is 10. The molecule has 0 bridgehead atoms. The predicted molar refractivity (Wildman–Crippen MR) is 306 cm³/mol. The summed E-state index contributed by atoms with van der Waals surface area (Å²) in [5.41, 5.74) is 8.53. The van der Waals surface area contributed by atoms with Gasteiger partial charge in [0.15, 0.2) is 23.3 Å². The van der Waals surface area contributed by atoms with Crippen LogP contribution in [0.3, 0.4) is 0 Å². The fraction of sp³-hybridized carbons (Fsp3) is 0.206. The standard InChI is InChI=1S/C68H58F5N4O.Pt/c1-39(2)42-28-43(40(3)4)30-45(29-42)53-33-47(68(8,9)10)34-54(60-61(69)63(71)65(73)64(72)62(60)70)66(53)76-38-75(56-22-16-17-23-57(56)76)48-31-44(41-18-12-11-13-19-41)32-50(36-48)78-49-24-25-52-51-20-14-15-21-55(51)77(58(52)37-49)59-35-46(26-27-74-59)67(5,6)7;/h11-35,38-40H,1-10H3;/q-3;. The molecule has 11 heteroatoms. The Morgan fingerprint density at radius 3 is 1.76 bits per heavy atom. The Labute approximate surface area is 473 Å². The number of halogens is 5. The molecule has 404 valence electrons. The maximum atomic E-state index is 16.6. The maximum absolute atomic E-state index is 16.6. The number of aromatic nitrogens is 2. The molecule has 1 aliphatic rings. The zero-order valence-corrected chi connectivity index (χ0v) is 47.8. The van der Waals surface area contributed by atoms with Gasteiger partial charge in [0.25, 0.3) is 0 Å². The van der Waals surface area contributed by atoms with Gasteiger partial charge in [0.05, 0.1) is 5.56 Å². The van der Waals surface area contributed by atoms with E-state index in [0.717, 1.165) is 61.0 Å². The van der Waals surface area contributed by atoms with Crippen LogP contribution < -0.4 is 14.5 Å². The summed E-state index contributed by atoms with van der Waals surface area (Å²) < 4.78 is 88.5. The van der Waals surface area contributed by atoms with E-state index in [1.165, 1.54) is 0 Å². The largest absolute Gasteiger partial charge is 0.509 e. The molecular formula is C68H58F5N4OPt-3. The maximum Gasteiger partial charge on any atom is 0.200 e. The van der Waals surface area contributed by atoms with E-state index in [4.69, 9.17) is 9.72 Å². The van der Waals surface area contributed by atoms with Crippen molar-refractivity contribution in [2.75, 3.05) is 9.80 Å². The third-order valence-corrected chi connectivity index (χ3v) is 14.8. The molecule has 0 saturated heterocycles. The van der Waals surface area contributed by atoms with Crippen LogP contribution in [0, 0.1) is 47.9 Å². The molecule has 79 heavy (non-hydrogen) atoms. The predicted octanol–water partition coefficient (Wildman–Crippen LogP) is 19.5. The average molecular weight is 1240 g/mol. The number of pyridine rings is 1. The van der Waals surface area contributed by atoms with Crippen molar-refractivity contribution in [2.24, 2.45) is 0 Å². The average Bonchev–Trinajstić information content (AvgIpc) is 4.18. The molecule has 0 amide bonds. The Kier molecular flexibility index (Phi) is 14.5. The van der Waals surface area contributed by atoms with E-state index in [2.05, 4.69) is 102 Å². The van der Waals surface area contributed by atoms with Crippen molar-refractivity contribution < 1.29 is 47.8 Å². The summed E-state index contributed by atoms with van der Waals surface area (Å²) in [6.07, 6.45) is 1.84. The minimum atomic E-state index is -2.23. The van der Waals surface area contributed by atoms with Gasteiger partial charge in [-0.25, -0.2) is 26.9 Å². The van der Waals surface area contributed by atoms with Crippen molar-refractivity contribution in [3.63, 3.8) is 0 Å². The second-order valence-electron chi connectivity index (χ2n) is 22.8. The third-order valence-electron chi connectivity index (χ3n) is 14.8. The van der Waals surface area contributed by atoms with E-state index in [1.807, 2.05) is 135 Å². The molecule has 0 unspecified atom stereocenters. The fourth-order valence-electron chi connectivity index (χ4n) is 10.4. The van der Waals surface area contributed by atoms with Crippen LogP contribution in [0.5, 0.6) is 11.5 Å². The van der Waals surface area contributed by atoms with Gasteiger partial charge in [-0.1, -0.05) is 154 Å². The Hall–Kier alpha value is -7.55. The van der Waals surface area contributed by atoms with Crippen LogP contribution in [0.15, 0.2) is 152 Å². The normalized spacial score (nSPS) is 12.8. The molecule has 0 N–H and O–H groups in total. The van der Waals surface area contributed by atoms with Crippen LogP contribution in [0.25, 0.3) is 61.0 Å². The number of nitrogens with zero attached hydrogens (tertiary/aromatic N) is 4. The van der Waals surface area contributed by atoms with Crippen LogP contribution in [0.4, 0.5) is 44.7 Å². The molecule has 0 spiro atoms. The third kappa shape index (κ3) is 10.0. The molecule has 0 fully saturated rings. The number of ether oxygens (including phenoxy) is 1. The Morgan fingerprint density at radius 2 is 1.11 bits per heavy atom. The van der Waals surface area contributed by atoms with Crippen LogP contribution in [-0.4, -0.2) is 9.55 Å². The van der Waals surface area contributed by atoms with Gasteiger partial charge in [-0.2, -0.15) is 6.07 Å². The van der Waals surface area contributed by atoms with Crippen LogP contribution in [0.2, 0.25) is 0 Å². The van der Waals surface area contributed by atoms with Crippen molar-refractivity contribution in [2.45, 2.75) is 91.9 Å². The van der Waals surface area contributed by atoms with E-state index in [9.17, 15) is 4.39 Å². The number of hydrogen-bond donors (Lipinski definition) is 0. The molecule has 10 aromatic rings. The van der Waals surface area contributed by atoms with Crippen LogP contribution in [0.1, 0.15) is 103 Å².